The van der Waals surface area contributed by atoms with Crippen LogP contribution in [0.3, 0.4) is 0 Å². The number of carbonyl (C=O) groups is 1. The lowest BCUT2D eigenvalue weighted by Gasteiger charge is -2.34. The van der Waals surface area contributed by atoms with Crippen molar-refractivity contribution < 1.29 is 19.0 Å². The molecule has 21 heavy (non-hydrogen) atoms. The first-order valence-corrected chi connectivity index (χ1v) is 7.60. The number of benzene rings is 1. The number of rotatable bonds is 5. The lowest BCUT2D eigenvalue weighted by Crippen LogP contribution is -2.47. The van der Waals surface area contributed by atoms with Gasteiger partial charge in [0.1, 0.15) is 11.5 Å². The van der Waals surface area contributed by atoms with E-state index in [0.717, 1.165) is 25.0 Å². The van der Waals surface area contributed by atoms with Crippen LogP contribution >= 0.6 is 0 Å². The summed E-state index contributed by atoms with van der Waals surface area (Å²) < 4.78 is 16.7. The molecule has 1 aromatic rings. The Kier molecular flexibility index (Phi) is 5.10. The zero-order valence-electron chi connectivity index (χ0n) is 13.1. The fourth-order valence-electron chi connectivity index (χ4n) is 2.77. The third-order valence-corrected chi connectivity index (χ3v) is 3.71. The second-order valence-electron chi connectivity index (χ2n) is 5.79. The maximum atomic E-state index is 12.2. The van der Waals surface area contributed by atoms with Gasteiger partial charge >= 0.3 is 5.97 Å². The van der Waals surface area contributed by atoms with E-state index < -0.39 is 5.60 Å². The SMILES string of the molecule is COC(=O)C1(Oc2cccc(OC(C)C)c2)CCCCC1. The monoisotopic (exact) mass is 292 g/mol. The largest absolute Gasteiger partial charge is 0.491 e. The first-order chi connectivity index (χ1) is 10.1. The average Bonchev–Trinajstić information content (AvgIpc) is 2.47. The Morgan fingerprint density at radius 1 is 1.14 bits per heavy atom. The van der Waals surface area contributed by atoms with Crippen LogP contribution in [0, 0.1) is 0 Å². The summed E-state index contributed by atoms with van der Waals surface area (Å²) in [6, 6.07) is 7.45. The molecule has 0 aliphatic heterocycles. The molecular weight excluding hydrogens is 268 g/mol. The fraction of sp³-hybridized carbons (Fsp3) is 0.588. The molecule has 0 heterocycles. The van der Waals surface area contributed by atoms with Gasteiger partial charge in [-0.3, -0.25) is 0 Å². The third-order valence-electron chi connectivity index (χ3n) is 3.71. The number of esters is 1. The number of methoxy groups -OCH3 is 1. The third kappa shape index (κ3) is 3.90. The topological polar surface area (TPSA) is 44.8 Å². The predicted molar refractivity (Wildman–Crippen MR) is 80.7 cm³/mol. The Morgan fingerprint density at radius 2 is 1.81 bits per heavy atom. The van der Waals surface area contributed by atoms with Crippen LogP contribution in [0.25, 0.3) is 0 Å². The van der Waals surface area contributed by atoms with E-state index in [-0.39, 0.29) is 12.1 Å². The van der Waals surface area contributed by atoms with E-state index >= 15 is 0 Å². The molecular formula is C17H24O4. The molecule has 0 radical (unpaired) electrons. The molecule has 0 bridgehead atoms. The standard InChI is InChI=1S/C17H24O4/c1-13(2)20-14-8-7-9-15(12-14)21-17(16(18)19-3)10-5-4-6-11-17/h7-9,12-13H,4-6,10-11H2,1-3H3. The highest BCUT2D eigenvalue weighted by Gasteiger charge is 2.43. The second-order valence-corrected chi connectivity index (χ2v) is 5.79. The molecule has 0 N–H and O–H groups in total. The molecule has 0 aromatic heterocycles. The number of carbonyl (C=O) groups excluding carboxylic acids is 1. The van der Waals surface area contributed by atoms with Crippen LogP contribution in [-0.2, 0) is 9.53 Å². The van der Waals surface area contributed by atoms with E-state index in [1.807, 2.05) is 38.1 Å². The van der Waals surface area contributed by atoms with Crippen molar-refractivity contribution in [2.24, 2.45) is 0 Å². The summed E-state index contributed by atoms with van der Waals surface area (Å²) in [6.45, 7) is 3.95. The highest BCUT2D eigenvalue weighted by molar-refractivity contribution is 5.80. The zero-order valence-corrected chi connectivity index (χ0v) is 13.1. The minimum Gasteiger partial charge on any atom is -0.491 e. The molecule has 4 heteroatoms. The van der Waals surface area contributed by atoms with E-state index in [9.17, 15) is 4.79 Å². The van der Waals surface area contributed by atoms with Crippen molar-refractivity contribution in [2.45, 2.75) is 57.7 Å². The summed E-state index contributed by atoms with van der Waals surface area (Å²) in [5.41, 5.74) is -0.844. The molecule has 0 amide bonds. The lowest BCUT2D eigenvalue weighted by molar-refractivity contribution is -0.162. The lowest BCUT2D eigenvalue weighted by atomic mass is 9.84. The van der Waals surface area contributed by atoms with Gasteiger partial charge in [-0.1, -0.05) is 12.5 Å². The van der Waals surface area contributed by atoms with Crippen LogP contribution in [0.5, 0.6) is 11.5 Å². The molecule has 0 unspecified atom stereocenters. The van der Waals surface area contributed by atoms with Crippen LogP contribution in [0.1, 0.15) is 46.0 Å². The summed E-state index contributed by atoms with van der Waals surface area (Å²) in [4.78, 5) is 12.2. The van der Waals surface area contributed by atoms with Gasteiger partial charge in [-0.05, 0) is 51.7 Å². The van der Waals surface area contributed by atoms with E-state index in [0.29, 0.717) is 18.6 Å². The first-order valence-electron chi connectivity index (χ1n) is 7.60. The van der Waals surface area contributed by atoms with Crippen LogP contribution in [0.2, 0.25) is 0 Å². The van der Waals surface area contributed by atoms with E-state index in [4.69, 9.17) is 14.2 Å². The van der Waals surface area contributed by atoms with Crippen molar-refractivity contribution in [2.75, 3.05) is 7.11 Å². The summed E-state index contributed by atoms with van der Waals surface area (Å²) >= 11 is 0. The van der Waals surface area contributed by atoms with Crippen LogP contribution in [-0.4, -0.2) is 24.8 Å². The highest BCUT2D eigenvalue weighted by atomic mass is 16.6. The number of hydrogen-bond acceptors (Lipinski definition) is 4. The minimum absolute atomic E-state index is 0.101. The fourth-order valence-corrected chi connectivity index (χ4v) is 2.77. The molecule has 116 valence electrons. The first kappa shape index (κ1) is 15.7. The Morgan fingerprint density at radius 3 is 2.43 bits per heavy atom. The van der Waals surface area contributed by atoms with Crippen molar-refractivity contribution in [3.8, 4) is 11.5 Å². The van der Waals surface area contributed by atoms with Gasteiger partial charge in [-0.25, -0.2) is 4.79 Å². The Hall–Kier alpha value is -1.71. The molecule has 0 atom stereocenters. The predicted octanol–water partition coefficient (Wildman–Crippen LogP) is 3.73. The minimum atomic E-state index is -0.844. The van der Waals surface area contributed by atoms with Gasteiger partial charge in [0.05, 0.1) is 13.2 Å². The molecule has 1 aliphatic carbocycles. The van der Waals surface area contributed by atoms with Gasteiger partial charge < -0.3 is 14.2 Å². The summed E-state index contributed by atoms with van der Waals surface area (Å²) in [5.74, 6) is 1.12. The Bertz CT molecular complexity index is 475. The van der Waals surface area contributed by atoms with E-state index in [2.05, 4.69) is 0 Å². The molecule has 0 spiro atoms. The molecule has 1 aliphatic rings. The molecule has 1 saturated carbocycles. The van der Waals surface area contributed by atoms with Gasteiger partial charge in [0.25, 0.3) is 0 Å². The summed E-state index contributed by atoms with van der Waals surface area (Å²) in [7, 11) is 1.42. The highest BCUT2D eigenvalue weighted by Crippen LogP contribution is 2.35. The van der Waals surface area contributed by atoms with Gasteiger partial charge in [0.2, 0.25) is 5.60 Å². The summed E-state index contributed by atoms with van der Waals surface area (Å²) in [5, 5.41) is 0. The average molecular weight is 292 g/mol. The summed E-state index contributed by atoms with van der Waals surface area (Å²) in [6.07, 6.45) is 4.61. The second kappa shape index (κ2) is 6.83. The van der Waals surface area contributed by atoms with Crippen molar-refractivity contribution in [3.05, 3.63) is 24.3 Å². The quantitative estimate of drug-likeness (QED) is 0.776. The molecule has 2 rings (SSSR count). The van der Waals surface area contributed by atoms with Gasteiger partial charge in [0, 0.05) is 6.07 Å². The van der Waals surface area contributed by atoms with Crippen LogP contribution < -0.4 is 9.47 Å². The van der Waals surface area contributed by atoms with Crippen LogP contribution in [0.15, 0.2) is 24.3 Å². The van der Waals surface area contributed by atoms with E-state index in [1.165, 1.54) is 7.11 Å². The molecule has 0 saturated heterocycles. The zero-order chi connectivity index (χ0) is 15.3. The Labute approximate surface area is 126 Å². The Balaban J connectivity index is 2.18. The molecule has 4 nitrogen and oxygen atoms in total. The molecule has 1 fully saturated rings. The van der Waals surface area contributed by atoms with Gasteiger partial charge in [0.15, 0.2) is 0 Å². The smallest absolute Gasteiger partial charge is 0.350 e. The van der Waals surface area contributed by atoms with Gasteiger partial charge in [-0.15, -0.1) is 0 Å². The van der Waals surface area contributed by atoms with E-state index in [1.54, 1.807) is 0 Å². The van der Waals surface area contributed by atoms with Gasteiger partial charge in [-0.2, -0.15) is 0 Å². The maximum absolute atomic E-state index is 12.2. The maximum Gasteiger partial charge on any atom is 0.350 e. The number of ether oxygens (including phenoxy) is 3. The number of hydrogen-bond donors (Lipinski definition) is 0. The van der Waals surface area contributed by atoms with Crippen molar-refractivity contribution in [1.29, 1.82) is 0 Å². The van der Waals surface area contributed by atoms with Crippen molar-refractivity contribution >= 4 is 5.97 Å². The van der Waals surface area contributed by atoms with Crippen LogP contribution in [0.4, 0.5) is 0 Å². The normalized spacial score (nSPS) is 17.3. The molecule has 1 aromatic carbocycles. The van der Waals surface area contributed by atoms with Crippen molar-refractivity contribution in [3.63, 3.8) is 0 Å². The van der Waals surface area contributed by atoms with Crippen molar-refractivity contribution in [1.82, 2.24) is 0 Å².